The van der Waals surface area contributed by atoms with Gasteiger partial charge in [0.1, 0.15) is 10.8 Å². The van der Waals surface area contributed by atoms with E-state index >= 15 is 0 Å². The van der Waals surface area contributed by atoms with Gasteiger partial charge in [0.05, 0.1) is 41.1 Å². The predicted octanol–water partition coefficient (Wildman–Crippen LogP) is 12.6. The highest BCUT2D eigenvalue weighted by Gasteiger charge is 2.61. The molecule has 8 aliphatic rings. The fourth-order valence-corrected chi connectivity index (χ4v) is 18.7. The Hall–Kier alpha value is -1.72. The summed E-state index contributed by atoms with van der Waals surface area (Å²) in [5, 5.41) is 24.7. The molecule has 0 aromatic carbocycles. The summed E-state index contributed by atoms with van der Waals surface area (Å²) in [6, 6.07) is 0. The van der Waals surface area contributed by atoms with E-state index in [-0.39, 0.29) is 36.0 Å². The maximum Gasteiger partial charge on any atom is 0.249 e. The van der Waals surface area contributed by atoms with E-state index < -0.39 is 11.2 Å². The summed E-state index contributed by atoms with van der Waals surface area (Å²) in [5.74, 6) is 8.80. The van der Waals surface area contributed by atoms with Crippen LogP contribution in [-0.2, 0) is 20.8 Å². The summed E-state index contributed by atoms with van der Waals surface area (Å²) in [6.07, 6.45) is 21.7. The lowest BCUT2D eigenvalue weighted by Gasteiger charge is -2.56. The Morgan fingerprint density at radius 1 is 0.615 bits per heavy atom. The summed E-state index contributed by atoms with van der Waals surface area (Å²) in [7, 11) is 3.34. The molecular formula is C55H89N3O5S2. The molecule has 2 aromatic rings. The number of hydroxylamine groups is 2. The molecular weight excluding hydrogens is 847 g/mol. The van der Waals surface area contributed by atoms with Gasteiger partial charge in [0.15, 0.2) is 0 Å². The van der Waals surface area contributed by atoms with Crippen molar-refractivity contribution in [1.82, 2.24) is 15.0 Å². The molecule has 0 unspecified atom stereocenters. The van der Waals surface area contributed by atoms with Gasteiger partial charge in [0.25, 0.3) is 0 Å². The molecule has 0 bridgehead atoms. The van der Waals surface area contributed by atoms with Crippen molar-refractivity contribution in [2.75, 3.05) is 14.2 Å². The summed E-state index contributed by atoms with van der Waals surface area (Å²) >= 11 is 3.47. The highest BCUT2D eigenvalue weighted by Crippen LogP contribution is 2.66. The largest absolute Gasteiger partial charge is 0.390 e. The highest BCUT2D eigenvalue weighted by atomic mass is 32.1. The van der Waals surface area contributed by atoms with E-state index in [2.05, 4.69) is 44.6 Å². The van der Waals surface area contributed by atoms with Crippen molar-refractivity contribution in [3.8, 4) is 0 Å². The Bertz CT molecular complexity index is 1950. The van der Waals surface area contributed by atoms with Crippen LogP contribution in [0.4, 0.5) is 0 Å². The Kier molecular flexibility index (Phi) is 15.4. The molecule has 8 saturated carbocycles. The van der Waals surface area contributed by atoms with Gasteiger partial charge in [-0.25, -0.2) is 15.0 Å². The maximum atomic E-state index is 13.4. The molecule has 2 heterocycles. The van der Waals surface area contributed by atoms with Gasteiger partial charge in [-0.2, -0.15) is 0 Å². The van der Waals surface area contributed by atoms with Gasteiger partial charge in [-0.15, -0.1) is 22.7 Å². The van der Waals surface area contributed by atoms with Crippen LogP contribution in [-0.4, -0.2) is 62.3 Å². The van der Waals surface area contributed by atoms with Gasteiger partial charge in [-0.3, -0.25) is 14.4 Å². The SMILES string of the molecule is C.CON(C)C(=O)[C@H]1CC[C@H]2[C@@H]3CC[C@@H]4C[C@](C)(O)CC[C@@H]4[C@H]3CC[C@]12C.Cc1nc(C)c(C)s1.Cc1nc(CC(=O)[C@H]2CC[C@H]3[C@@H]4CC[C@@H]5C[C@](C)(O)CC[C@@H]5[C@H]4CC[C@]23C)sc1C. The Morgan fingerprint density at radius 3 is 1.51 bits per heavy atom. The van der Waals surface area contributed by atoms with Crippen LogP contribution < -0.4 is 0 Å². The van der Waals surface area contributed by atoms with Crippen LogP contribution in [0.1, 0.15) is 182 Å². The number of hydrogen-bond acceptors (Lipinski definition) is 9. The number of amides is 1. The van der Waals surface area contributed by atoms with E-state index in [9.17, 15) is 19.8 Å². The van der Waals surface area contributed by atoms with Crippen molar-refractivity contribution in [2.45, 2.75) is 203 Å². The number of thiazole rings is 2. The quantitative estimate of drug-likeness (QED) is 0.287. The first kappa shape index (κ1) is 51.1. The average Bonchev–Trinajstić information content (AvgIpc) is 3.96. The third-order valence-corrected chi connectivity index (χ3v) is 22.3. The number of carbonyl (C=O) groups excluding carboxylic acids is 2. The van der Waals surface area contributed by atoms with Crippen molar-refractivity contribution in [2.24, 2.45) is 81.8 Å². The first-order valence-corrected chi connectivity index (χ1v) is 27.4. The molecule has 10 heteroatoms. The van der Waals surface area contributed by atoms with Crippen LogP contribution in [0.2, 0.25) is 0 Å². The Morgan fingerprint density at radius 2 is 1.08 bits per heavy atom. The third kappa shape index (κ3) is 10.0. The molecule has 8 aliphatic carbocycles. The number of hydrogen-bond donors (Lipinski definition) is 2. The van der Waals surface area contributed by atoms with Crippen molar-refractivity contribution in [3.63, 3.8) is 0 Å². The van der Waals surface area contributed by atoms with Crippen LogP contribution in [0, 0.1) is 116 Å². The van der Waals surface area contributed by atoms with Gasteiger partial charge in [0.2, 0.25) is 5.91 Å². The number of Topliss-reactive ketones (excluding diaryl/α,β-unsaturated/α-hetero) is 1. The van der Waals surface area contributed by atoms with Crippen LogP contribution in [0.3, 0.4) is 0 Å². The van der Waals surface area contributed by atoms with Crippen molar-refractivity contribution < 1.29 is 24.6 Å². The third-order valence-electron chi connectivity index (χ3n) is 20.3. The van der Waals surface area contributed by atoms with Crippen LogP contribution in [0.15, 0.2) is 0 Å². The van der Waals surface area contributed by atoms with Crippen molar-refractivity contribution >= 4 is 34.4 Å². The topological polar surface area (TPSA) is 113 Å². The maximum absolute atomic E-state index is 13.4. The second-order valence-electron chi connectivity index (χ2n) is 24.0. The van der Waals surface area contributed by atoms with Crippen LogP contribution in [0.5, 0.6) is 0 Å². The first-order chi connectivity index (χ1) is 30.1. The number of fused-ring (bicyclic) bond motifs is 10. The summed E-state index contributed by atoms with van der Waals surface area (Å²) in [5.41, 5.74) is 1.74. The fourth-order valence-electron chi connectivity index (χ4n) is 16.9. The van der Waals surface area contributed by atoms with Crippen LogP contribution >= 0.6 is 22.7 Å². The average molecular weight is 936 g/mol. The lowest BCUT2D eigenvalue weighted by Crippen LogP contribution is -2.51. The molecule has 0 saturated heterocycles. The minimum absolute atomic E-state index is 0. The molecule has 0 spiro atoms. The number of nitrogens with zero attached hydrogens (tertiary/aromatic N) is 3. The zero-order valence-corrected chi connectivity index (χ0v) is 43.3. The smallest absolute Gasteiger partial charge is 0.249 e. The number of aliphatic hydroxyl groups is 2. The monoisotopic (exact) mass is 936 g/mol. The summed E-state index contributed by atoms with van der Waals surface area (Å²) in [4.78, 5) is 42.9. The van der Waals surface area contributed by atoms with E-state index in [0.29, 0.717) is 18.1 Å². The lowest BCUT2D eigenvalue weighted by molar-refractivity contribution is -0.180. The second-order valence-corrected chi connectivity index (χ2v) is 26.7. The van der Waals surface area contributed by atoms with Crippen molar-refractivity contribution in [3.05, 3.63) is 31.2 Å². The number of aryl methyl sites for hydroxylation is 5. The van der Waals surface area contributed by atoms with Gasteiger partial charge in [-0.1, -0.05) is 21.3 Å². The van der Waals surface area contributed by atoms with E-state index in [1.165, 1.54) is 103 Å². The molecule has 0 aliphatic heterocycles. The normalized spacial score (nSPS) is 42.4. The van der Waals surface area contributed by atoms with Crippen LogP contribution in [0.25, 0.3) is 0 Å². The second kappa shape index (κ2) is 19.6. The minimum Gasteiger partial charge on any atom is -0.390 e. The number of rotatable bonds is 5. The molecule has 0 radical (unpaired) electrons. The van der Waals surface area contributed by atoms with E-state index in [1.54, 1.807) is 36.8 Å². The first-order valence-electron chi connectivity index (χ1n) is 25.8. The lowest BCUT2D eigenvalue weighted by atomic mass is 9.49. The van der Waals surface area contributed by atoms with E-state index in [0.717, 1.165) is 102 Å². The number of ketones is 1. The van der Waals surface area contributed by atoms with Gasteiger partial charge >= 0.3 is 0 Å². The fraction of sp³-hybridized carbons (Fsp3) is 0.855. The number of aromatic nitrogens is 2. The summed E-state index contributed by atoms with van der Waals surface area (Å²) < 4.78 is 0. The summed E-state index contributed by atoms with van der Waals surface area (Å²) in [6.45, 7) is 19.3. The number of carbonyl (C=O) groups is 2. The van der Waals surface area contributed by atoms with Gasteiger partial charge < -0.3 is 10.2 Å². The minimum atomic E-state index is -0.438. The zero-order valence-electron chi connectivity index (χ0n) is 41.6. The van der Waals surface area contributed by atoms with Gasteiger partial charge in [-0.05, 0) is 234 Å². The standard InChI is InChI=1S/C26H39NO2S.C22H37NO3.C6H9NS.CH4/c1-15-16(2)30-24(27-15)13-23(28)22-8-7-21-20-6-5-17-14-25(3,29)11-9-18(17)19(20)10-12-26(21,22)4;1-21(25)11-9-15-14(13-21)5-6-17-16(15)10-12-22(2)18(17)7-8-19(22)20(24)23(3)26-4;1-4-5(2)8-6(3)7-4;/h17-22,29H,5-14H2,1-4H3;14-19,25H,5-13H2,1-4H3;1-3H3;1H4/t17-,18+,19-,20-,21+,22-,25-,26+;14-,15+,16-,17-,18+,19-,21-,22+;;/m11../s1. The van der Waals surface area contributed by atoms with E-state index in [4.69, 9.17) is 4.84 Å². The molecule has 16 atom stereocenters. The molecule has 366 valence electrons. The molecule has 8 nitrogen and oxygen atoms in total. The predicted molar refractivity (Wildman–Crippen MR) is 266 cm³/mol. The van der Waals surface area contributed by atoms with Crippen molar-refractivity contribution in [1.29, 1.82) is 0 Å². The molecule has 8 fully saturated rings. The van der Waals surface area contributed by atoms with E-state index in [1.807, 2.05) is 27.7 Å². The molecule has 2 N–H and O–H groups in total. The molecule has 65 heavy (non-hydrogen) atoms. The molecule has 1 amide bonds. The van der Waals surface area contributed by atoms with Gasteiger partial charge in [0, 0.05) is 28.6 Å². The molecule has 10 rings (SSSR count). The Balaban J connectivity index is 0.000000165. The highest BCUT2D eigenvalue weighted by molar-refractivity contribution is 7.12. The molecule has 2 aromatic heterocycles. The zero-order chi connectivity index (χ0) is 46.1. The Labute approximate surface area is 402 Å².